The molecular formula is C23H33N3O5S. The van der Waals surface area contributed by atoms with Crippen LogP contribution in [0.5, 0.6) is 17.2 Å². The molecule has 2 aromatic carbocycles. The molecule has 1 aliphatic heterocycles. The molecule has 0 bridgehead atoms. The van der Waals surface area contributed by atoms with E-state index < -0.39 is 10.0 Å². The number of benzene rings is 2. The monoisotopic (exact) mass is 463 g/mol. The number of nitrogens with one attached hydrogen (secondary N) is 1. The van der Waals surface area contributed by atoms with E-state index in [0.717, 1.165) is 44.6 Å². The van der Waals surface area contributed by atoms with Crippen LogP contribution in [0.4, 0.5) is 0 Å². The Labute approximate surface area is 190 Å². The highest BCUT2D eigenvalue weighted by atomic mass is 32.2. The van der Waals surface area contributed by atoms with Gasteiger partial charge in [0.15, 0.2) is 11.5 Å². The summed E-state index contributed by atoms with van der Waals surface area (Å²) in [6.07, 6.45) is 1.98. The zero-order chi connectivity index (χ0) is 23.1. The third-order valence-electron chi connectivity index (χ3n) is 5.73. The molecule has 0 aromatic heterocycles. The van der Waals surface area contributed by atoms with Gasteiger partial charge in [0.1, 0.15) is 5.75 Å². The molecule has 0 saturated carbocycles. The van der Waals surface area contributed by atoms with Crippen LogP contribution >= 0.6 is 0 Å². The van der Waals surface area contributed by atoms with Gasteiger partial charge in [0.2, 0.25) is 10.0 Å². The highest BCUT2D eigenvalue weighted by Gasteiger charge is 2.26. The molecule has 3 rings (SSSR count). The lowest BCUT2D eigenvalue weighted by molar-refractivity contribution is 0.112. The van der Waals surface area contributed by atoms with Crippen molar-refractivity contribution in [3.8, 4) is 17.2 Å². The van der Waals surface area contributed by atoms with E-state index in [0.29, 0.717) is 12.4 Å². The molecule has 9 heteroatoms. The largest absolute Gasteiger partial charge is 0.504 e. The standard InChI is InChI=1S/C23H33N3O5S/c1-3-4-15-31-19-6-8-20(9-7-19)32(29,30)24-17-21(26-13-11-25(2)12-14-26)18-5-10-22(27)23(28)16-18/h5-10,16,21,24,27-28H,3-4,11-15,17H2,1-2H3. The predicted molar refractivity (Wildman–Crippen MR) is 124 cm³/mol. The molecule has 0 amide bonds. The Morgan fingerprint density at radius 3 is 2.34 bits per heavy atom. The predicted octanol–water partition coefficient (Wildman–Crippen LogP) is 2.54. The lowest BCUT2D eigenvalue weighted by Crippen LogP contribution is -2.48. The van der Waals surface area contributed by atoms with Gasteiger partial charge in [-0.3, -0.25) is 4.90 Å². The highest BCUT2D eigenvalue weighted by molar-refractivity contribution is 7.89. The Kier molecular flexibility index (Phi) is 8.36. The summed E-state index contributed by atoms with van der Waals surface area (Å²) >= 11 is 0. The zero-order valence-corrected chi connectivity index (χ0v) is 19.5. The summed E-state index contributed by atoms with van der Waals surface area (Å²) in [5.41, 5.74) is 0.743. The maximum Gasteiger partial charge on any atom is 0.240 e. The minimum Gasteiger partial charge on any atom is -0.504 e. The Morgan fingerprint density at radius 2 is 1.72 bits per heavy atom. The van der Waals surface area contributed by atoms with Crippen molar-refractivity contribution in [1.82, 2.24) is 14.5 Å². The van der Waals surface area contributed by atoms with Gasteiger partial charge in [0.25, 0.3) is 0 Å². The number of nitrogens with zero attached hydrogens (tertiary/aromatic N) is 2. The molecular weight excluding hydrogens is 430 g/mol. The molecule has 0 spiro atoms. The van der Waals surface area contributed by atoms with Crippen molar-refractivity contribution in [3.05, 3.63) is 48.0 Å². The van der Waals surface area contributed by atoms with E-state index >= 15 is 0 Å². The van der Waals surface area contributed by atoms with Crippen molar-refractivity contribution in [2.75, 3.05) is 46.4 Å². The van der Waals surface area contributed by atoms with Gasteiger partial charge in [-0.2, -0.15) is 0 Å². The second kappa shape index (κ2) is 11.0. The number of likely N-dealkylation sites (N-methyl/N-ethyl adjacent to an activating group) is 1. The summed E-state index contributed by atoms with van der Waals surface area (Å²) < 4.78 is 34.2. The average molecular weight is 464 g/mol. The van der Waals surface area contributed by atoms with E-state index in [2.05, 4.69) is 28.5 Å². The van der Waals surface area contributed by atoms with Crippen molar-refractivity contribution in [2.24, 2.45) is 0 Å². The SMILES string of the molecule is CCCCOc1ccc(S(=O)(=O)NCC(c2ccc(O)c(O)c2)N2CCN(C)CC2)cc1. The minimum atomic E-state index is -3.73. The second-order valence-corrected chi connectivity index (χ2v) is 9.90. The van der Waals surface area contributed by atoms with Crippen LogP contribution in [0.25, 0.3) is 0 Å². The molecule has 1 atom stereocenters. The number of unbranched alkanes of at least 4 members (excludes halogenated alkanes) is 1. The lowest BCUT2D eigenvalue weighted by atomic mass is 10.0. The van der Waals surface area contributed by atoms with Gasteiger partial charge in [-0.1, -0.05) is 19.4 Å². The van der Waals surface area contributed by atoms with Gasteiger partial charge in [-0.25, -0.2) is 13.1 Å². The molecule has 176 valence electrons. The molecule has 1 saturated heterocycles. The van der Waals surface area contributed by atoms with Gasteiger partial charge in [-0.05, 0) is 55.4 Å². The Balaban J connectivity index is 1.73. The van der Waals surface area contributed by atoms with Crippen molar-refractivity contribution in [1.29, 1.82) is 0 Å². The second-order valence-electron chi connectivity index (χ2n) is 8.13. The number of sulfonamides is 1. The topological polar surface area (TPSA) is 102 Å². The number of hydrogen-bond acceptors (Lipinski definition) is 7. The summed E-state index contributed by atoms with van der Waals surface area (Å²) in [5, 5.41) is 19.6. The van der Waals surface area contributed by atoms with Crippen molar-refractivity contribution in [2.45, 2.75) is 30.7 Å². The number of piperazine rings is 1. The Hall–Kier alpha value is -2.33. The summed E-state index contributed by atoms with van der Waals surface area (Å²) in [7, 11) is -1.67. The van der Waals surface area contributed by atoms with E-state index in [1.165, 1.54) is 12.1 Å². The number of hydrogen-bond donors (Lipinski definition) is 3. The summed E-state index contributed by atoms with van der Waals surface area (Å²) in [5.74, 6) is 0.225. The number of ether oxygens (including phenoxy) is 1. The molecule has 8 nitrogen and oxygen atoms in total. The lowest BCUT2D eigenvalue weighted by Gasteiger charge is -2.38. The van der Waals surface area contributed by atoms with E-state index in [4.69, 9.17) is 4.74 Å². The molecule has 1 fully saturated rings. The molecule has 2 aromatic rings. The third kappa shape index (κ3) is 6.35. The fourth-order valence-electron chi connectivity index (χ4n) is 3.66. The number of phenols is 2. The fraction of sp³-hybridized carbons (Fsp3) is 0.478. The van der Waals surface area contributed by atoms with Crippen LogP contribution in [0, 0.1) is 0 Å². The third-order valence-corrected chi connectivity index (χ3v) is 7.17. The summed E-state index contributed by atoms with van der Waals surface area (Å²) in [6.45, 7) is 6.11. The van der Waals surface area contributed by atoms with Gasteiger partial charge in [0.05, 0.1) is 11.5 Å². The highest BCUT2D eigenvalue weighted by Crippen LogP contribution is 2.31. The maximum absolute atomic E-state index is 12.9. The van der Waals surface area contributed by atoms with Gasteiger partial charge >= 0.3 is 0 Å². The molecule has 1 unspecified atom stereocenters. The van der Waals surface area contributed by atoms with Crippen molar-refractivity contribution >= 4 is 10.0 Å². The van der Waals surface area contributed by atoms with E-state index in [9.17, 15) is 18.6 Å². The molecule has 32 heavy (non-hydrogen) atoms. The first-order valence-corrected chi connectivity index (χ1v) is 12.5. The van der Waals surface area contributed by atoms with Gasteiger partial charge in [0, 0.05) is 38.8 Å². The van der Waals surface area contributed by atoms with Crippen LogP contribution in [0.15, 0.2) is 47.4 Å². The van der Waals surface area contributed by atoms with Crippen LogP contribution in [0.3, 0.4) is 0 Å². The number of aromatic hydroxyl groups is 2. The smallest absolute Gasteiger partial charge is 0.240 e. The first-order valence-electron chi connectivity index (χ1n) is 11.0. The van der Waals surface area contributed by atoms with Crippen LogP contribution in [-0.4, -0.2) is 74.8 Å². The first kappa shape index (κ1) is 24.3. The van der Waals surface area contributed by atoms with Gasteiger partial charge < -0.3 is 19.8 Å². The maximum atomic E-state index is 12.9. The Bertz CT molecular complexity index is 974. The first-order chi connectivity index (χ1) is 15.3. The van der Waals surface area contributed by atoms with Gasteiger partial charge in [-0.15, -0.1) is 0 Å². The molecule has 0 aliphatic carbocycles. The normalized spacial score (nSPS) is 16.7. The Morgan fingerprint density at radius 1 is 1.03 bits per heavy atom. The summed E-state index contributed by atoms with van der Waals surface area (Å²) in [6, 6.07) is 10.8. The van der Waals surface area contributed by atoms with E-state index in [-0.39, 0.29) is 29.0 Å². The quantitative estimate of drug-likeness (QED) is 0.368. The molecule has 1 heterocycles. The number of phenolic OH excluding ortho intramolecular Hbond substituents is 2. The van der Waals surface area contributed by atoms with Crippen LogP contribution < -0.4 is 9.46 Å². The van der Waals surface area contributed by atoms with Crippen molar-refractivity contribution < 1.29 is 23.4 Å². The molecule has 1 aliphatic rings. The fourth-order valence-corrected chi connectivity index (χ4v) is 4.70. The van der Waals surface area contributed by atoms with Crippen LogP contribution in [-0.2, 0) is 10.0 Å². The zero-order valence-electron chi connectivity index (χ0n) is 18.7. The molecule has 3 N–H and O–H groups in total. The molecule has 0 radical (unpaired) electrons. The summed E-state index contributed by atoms with van der Waals surface area (Å²) in [4.78, 5) is 4.58. The van der Waals surface area contributed by atoms with E-state index in [1.54, 1.807) is 30.3 Å². The minimum absolute atomic E-state index is 0.144. The van der Waals surface area contributed by atoms with E-state index in [1.807, 2.05) is 0 Å². The van der Waals surface area contributed by atoms with Crippen LogP contribution in [0.2, 0.25) is 0 Å². The van der Waals surface area contributed by atoms with Crippen LogP contribution in [0.1, 0.15) is 31.4 Å². The average Bonchev–Trinajstić information content (AvgIpc) is 2.78. The van der Waals surface area contributed by atoms with Crippen molar-refractivity contribution in [3.63, 3.8) is 0 Å². The number of rotatable bonds is 10.